The fraction of sp³-hybridized carbons (Fsp3) is 0.438. The van der Waals surface area contributed by atoms with Crippen LogP contribution in [0, 0.1) is 35.5 Å². The molecule has 13 heteroatoms. The Morgan fingerprint density at radius 1 is 0.508 bits per heavy atom. The number of hydrogen-bond acceptors (Lipinski definition) is 10. The summed E-state index contributed by atoms with van der Waals surface area (Å²) < 4.78 is 19.2. The maximum atomic E-state index is 12.2. The van der Waals surface area contributed by atoms with Crippen molar-refractivity contribution in [1.29, 1.82) is 0 Å². The zero-order valence-corrected chi connectivity index (χ0v) is 34.2. The Morgan fingerprint density at radius 3 is 1.08 bits per heavy atom. The number of carboxylic acid groups (broad SMARTS) is 3. The van der Waals surface area contributed by atoms with Gasteiger partial charge in [0.15, 0.2) is 0 Å². The fourth-order valence-corrected chi connectivity index (χ4v) is 10.1. The van der Waals surface area contributed by atoms with Gasteiger partial charge in [0, 0.05) is 16.2 Å². The second-order valence-electron chi connectivity index (χ2n) is 17.6. The van der Waals surface area contributed by atoms with Gasteiger partial charge in [-0.05, 0) is 167 Å². The Hall–Kier alpha value is -5.47. The van der Waals surface area contributed by atoms with Gasteiger partial charge in [-0.25, -0.2) is 0 Å². The van der Waals surface area contributed by atoms with Crippen molar-refractivity contribution in [3.05, 3.63) is 107 Å². The third-order valence-electron chi connectivity index (χ3n) is 13.4. The molecule has 3 aromatic heterocycles. The molecular weight excluding hydrogens is 777 g/mol. The summed E-state index contributed by atoms with van der Waals surface area (Å²) in [4.78, 5) is 38.9. The molecule has 3 aliphatic rings. The normalized spacial score (nSPS) is 20.9. The molecule has 0 aliphatic carbocycles. The van der Waals surface area contributed by atoms with Crippen LogP contribution in [0.3, 0.4) is 0 Å². The highest BCUT2D eigenvalue weighted by molar-refractivity contribution is 5.81. The maximum absolute atomic E-state index is 12.2. The molecule has 3 aliphatic heterocycles. The molecule has 0 radical (unpaired) electrons. The molecular formula is C48H54N4O9. The number of fused-ring (bicyclic) bond motifs is 3. The van der Waals surface area contributed by atoms with Gasteiger partial charge in [-0.15, -0.1) is 0 Å². The second kappa shape index (κ2) is 17.9. The van der Waals surface area contributed by atoms with E-state index in [4.69, 9.17) is 13.3 Å². The molecule has 6 atom stereocenters. The maximum Gasteiger partial charge on any atom is 0.307 e. The van der Waals surface area contributed by atoms with Gasteiger partial charge in [-0.2, -0.15) is 0 Å². The van der Waals surface area contributed by atoms with Gasteiger partial charge in [-0.3, -0.25) is 19.3 Å². The molecule has 6 N–H and O–H groups in total. The Labute approximate surface area is 353 Å². The Kier molecular flexibility index (Phi) is 12.0. The summed E-state index contributed by atoms with van der Waals surface area (Å²) in [7, 11) is 0. The molecule has 13 nitrogen and oxygen atoms in total. The molecule has 0 spiro atoms. The smallest absolute Gasteiger partial charge is 0.307 e. The van der Waals surface area contributed by atoms with Crippen LogP contribution in [-0.2, 0) is 53.3 Å². The van der Waals surface area contributed by atoms with E-state index in [0.717, 1.165) is 125 Å². The lowest BCUT2D eigenvalue weighted by atomic mass is 9.86. The topological polar surface area (TPSA) is 191 Å². The standard InChI is InChI=1S/C48H54N4O9/c53-46(54)40(31-7-10-49-22-31)16-28-1-4-43-34(13-28)19-37(59-43)25-52(26-38-20-35-14-29(2-5-44(35)60-38)17-41(47(55)56)32-8-11-50-23-32)27-39-21-36-15-30(3-6-45(36)61-39)18-42(48(57)58)33-9-12-51-24-33/h1-6,13-15,19-21,31-33,40-42,49-51H,7-12,16-18,22-27H2,(H,53,54)(H,55,56)(H,57,58)/t31-,32-,33-,40-,41-,42-/m0/s1. The highest BCUT2D eigenvalue weighted by atomic mass is 16.4. The van der Waals surface area contributed by atoms with E-state index in [0.29, 0.717) is 38.9 Å². The van der Waals surface area contributed by atoms with Crippen LogP contribution in [0.4, 0.5) is 0 Å². The molecule has 6 heterocycles. The van der Waals surface area contributed by atoms with Crippen LogP contribution in [0.15, 0.2) is 86.0 Å². The monoisotopic (exact) mass is 830 g/mol. The van der Waals surface area contributed by atoms with E-state index in [2.05, 4.69) is 20.9 Å². The first-order valence-electron chi connectivity index (χ1n) is 21.7. The average Bonchev–Trinajstić information content (AvgIpc) is 4.09. The molecule has 61 heavy (non-hydrogen) atoms. The number of furan rings is 3. The first-order chi connectivity index (χ1) is 29.6. The Balaban J connectivity index is 0.968. The summed E-state index contributed by atoms with van der Waals surface area (Å²) in [6, 6.07) is 23.8. The van der Waals surface area contributed by atoms with Crippen LogP contribution in [0.2, 0.25) is 0 Å². The summed E-state index contributed by atoms with van der Waals surface area (Å²) in [5, 5.41) is 42.8. The number of nitrogens with zero attached hydrogens (tertiary/aromatic N) is 1. The molecule has 3 saturated heterocycles. The van der Waals surface area contributed by atoms with Crippen molar-refractivity contribution in [2.45, 2.75) is 58.2 Å². The van der Waals surface area contributed by atoms with E-state index in [1.807, 2.05) is 72.8 Å². The largest absolute Gasteiger partial charge is 0.481 e. The van der Waals surface area contributed by atoms with E-state index in [1.165, 1.54) is 0 Å². The van der Waals surface area contributed by atoms with Gasteiger partial charge in [0.25, 0.3) is 0 Å². The molecule has 0 amide bonds. The molecule has 3 fully saturated rings. The molecule has 0 saturated carbocycles. The van der Waals surface area contributed by atoms with E-state index in [9.17, 15) is 29.7 Å². The van der Waals surface area contributed by atoms with Crippen molar-refractivity contribution in [3.8, 4) is 0 Å². The van der Waals surface area contributed by atoms with Gasteiger partial charge in [0.05, 0.1) is 37.4 Å². The number of benzene rings is 3. The average molecular weight is 831 g/mol. The number of hydrogen-bond donors (Lipinski definition) is 6. The summed E-state index contributed by atoms with van der Waals surface area (Å²) in [5.74, 6) is -1.16. The number of carbonyl (C=O) groups is 3. The van der Waals surface area contributed by atoms with E-state index < -0.39 is 35.7 Å². The molecule has 6 aromatic rings. The predicted octanol–water partition coefficient (Wildman–Crippen LogP) is 6.69. The Bertz CT molecular complexity index is 2240. The van der Waals surface area contributed by atoms with Crippen molar-refractivity contribution in [2.24, 2.45) is 35.5 Å². The minimum Gasteiger partial charge on any atom is -0.481 e. The lowest BCUT2D eigenvalue weighted by Crippen LogP contribution is -2.27. The molecule has 0 bridgehead atoms. The van der Waals surface area contributed by atoms with E-state index in [1.54, 1.807) is 0 Å². The van der Waals surface area contributed by atoms with Crippen LogP contribution in [0.25, 0.3) is 32.9 Å². The van der Waals surface area contributed by atoms with Gasteiger partial charge in [-0.1, -0.05) is 18.2 Å². The van der Waals surface area contributed by atoms with Crippen molar-refractivity contribution < 1.29 is 43.0 Å². The molecule has 9 rings (SSSR count). The van der Waals surface area contributed by atoms with Crippen LogP contribution < -0.4 is 16.0 Å². The predicted molar refractivity (Wildman–Crippen MR) is 229 cm³/mol. The number of carboxylic acids is 3. The molecule has 3 aromatic carbocycles. The molecule has 320 valence electrons. The summed E-state index contributed by atoms with van der Waals surface area (Å²) in [5.41, 5.74) is 5.06. The van der Waals surface area contributed by atoms with Crippen molar-refractivity contribution in [1.82, 2.24) is 20.9 Å². The highest BCUT2D eigenvalue weighted by Crippen LogP contribution is 2.32. The fourth-order valence-electron chi connectivity index (χ4n) is 10.1. The third-order valence-corrected chi connectivity index (χ3v) is 13.4. The second-order valence-corrected chi connectivity index (χ2v) is 17.6. The minimum atomic E-state index is -0.766. The quantitative estimate of drug-likeness (QED) is 0.0538. The zero-order chi connectivity index (χ0) is 42.0. The number of nitrogens with one attached hydrogen (secondary N) is 3. The SMILES string of the molecule is O=C(O)[C@@H](Cc1ccc2oc(CN(Cc3cc4cc(C[C@H](C(=O)O)[C@H]5CCNC5)ccc4o3)Cc3cc4cc(C[C@H](C(=O)O)[C@H]5CCNC5)ccc4o3)cc2c1)[C@H]1CCNC1. The first kappa shape index (κ1) is 40.9. The van der Waals surface area contributed by atoms with Crippen LogP contribution in [-0.4, -0.2) is 77.4 Å². The van der Waals surface area contributed by atoms with Crippen molar-refractivity contribution >= 4 is 50.8 Å². The van der Waals surface area contributed by atoms with Crippen LogP contribution in [0.5, 0.6) is 0 Å². The summed E-state index contributed by atoms with van der Waals surface area (Å²) >= 11 is 0. The Morgan fingerprint density at radius 2 is 0.820 bits per heavy atom. The van der Waals surface area contributed by atoms with Gasteiger partial charge < -0.3 is 44.5 Å². The van der Waals surface area contributed by atoms with Crippen molar-refractivity contribution in [2.75, 3.05) is 39.3 Å². The van der Waals surface area contributed by atoms with Gasteiger partial charge in [0.2, 0.25) is 0 Å². The first-order valence-corrected chi connectivity index (χ1v) is 21.7. The third kappa shape index (κ3) is 9.40. The number of rotatable bonds is 18. The lowest BCUT2D eigenvalue weighted by molar-refractivity contribution is -0.144. The zero-order valence-electron chi connectivity index (χ0n) is 34.2. The minimum absolute atomic E-state index is 0.101. The van der Waals surface area contributed by atoms with E-state index >= 15 is 0 Å². The summed E-state index contributed by atoms with van der Waals surface area (Å²) in [6.45, 7) is 5.95. The number of aliphatic carboxylic acids is 3. The van der Waals surface area contributed by atoms with Crippen LogP contribution >= 0.6 is 0 Å². The lowest BCUT2D eigenvalue weighted by Gasteiger charge is -2.18. The highest BCUT2D eigenvalue weighted by Gasteiger charge is 2.33. The summed E-state index contributed by atoms with van der Waals surface area (Å²) in [6.07, 6.45) is 3.93. The van der Waals surface area contributed by atoms with Crippen LogP contribution in [0.1, 0.15) is 53.2 Å². The van der Waals surface area contributed by atoms with Gasteiger partial charge in [0.1, 0.15) is 34.0 Å². The molecule has 0 unspecified atom stereocenters. The van der Waals surface area contributed by atoms with Crippen molar-refractivity contribution in [3.63, 3.8) is 0 Å². The van der Waals surface area contributed by atoms with Gasteiger partial charge >= 0.3 is 17.9 Å². The van der Waals surface area contributed by atoms with E-state index in [-0.39, 0.29) is 17.8 Å².